The summed E-state index contributed by atoms with van der Waals surface area (Å²) in [5.41, 5.74) is 1.17. The number of nitrogens with zero attached hydrogens (tertiary/aromatic N) is 3. The average molecular weight is 482 g/mol. The maximum atomic E-state index is 13.5. The van der Waals surface area contributed by atoms with Crippen LogP contribution in [0.4, 0.5) is 0 Å². The zero-order chi connectivity index (χ0) is 23.6. The minimum Gasteiger partial charge on any atom is -0.467 e. The number of carbonyl (C=O) groups excluding carboxylic acids is 2. The summed E-state index contributed by atoms with van der Waals surface area (Å²) in [6, 6.07) is 17.5. The van der Waals surface area contributed by atoms with Crippen LogP contribution in [0.1, 0.15) is 21.0 Å². The van der Waals surface area contributed by atoms with Crippen LogP contribution >= 0.6 is 11.3 Å². The first-order valence-corrected chi connectivity index (χ1v) is 12.5. The van der Waals surface area contributed by atoms with Crippen molar-refractivity contribution in [3.8, 4) is 0 Å². The fourth-order valence-corrected chi connectivity index (χ4v) is 4.64. The predicted octanol–water partition coefficient (Wildman–Crippen LogP) is 3.39. The number of amides is 2. The van der Waals surface area contributed by atoms with Crippen molar-refractivity contribution in [2.24, 2.45) is 0 Å². The Kier molecular flexibility index (Phi) is 8.90. The SMILES string of the molecule is O=C(CN(CCN1CCOCC1)C(=O)c1cccs1)N(CCc1ccccc1)Cc1ccco1. The lowest BCUT2D eigenvalue weighted by molar-refractivity contribution is -0.132. The molecule has 0 aliphatic carbocycles. The van der Waals surface area contributed by atoms with E-state index >= 15 is 0 Å². The van der Waals surface area contributed by atoms with Gasteiger partial charge in [-0.15, -0.1) is 11.3 Å². The Balaban J connectivity index is 1.44. The van der Waals surface area contributed by atoms with Crippen LogP contribution in [0.5, 0.6) is 0 Å². The molecule has 0 bridgehead atoms. The van der Waals surface area contributed by atoms with Crippen molar-refractivity contribution in [1.29, 1.82) is 0 Å². The number of furan rings is 1. The van der Waals surface area contributed by atoms with Crippen molar-refractivity contribution in [2.45, 2.75) is 13.0 Å². The first-order valence-electron chi connectivity index (χ1n) is 11.7. The molecule has 2 aromatic heterocycles. The monoisotopic (exact) mass is 481 g/mol. The summed E-state index contributed by atoms with van der Waals surface area (Å²) < 4.78 is 10.9. The molecule has 0 radical (unpaired) electrons. The Hall–Kier alpha value is -2.94. The van der Waals surface area contributed by atoms with Crippen LogP contribution in [0.25, 0.3) is 0 Å². The molecule has 1 aliphatic rings. The standard InChI is InChI=1S/C26H31N3O4S/c30-25(28(20-23-8-4-16-33-23)11-10-22-6-2-1-3-7-22)21-29(26(31)24-9-5-19-34-24)13-12-27-14-17-32-18-15-27/h1-9,16,19H,10-15,17-18,20-21H2. The highest BCUT2D eigenvalue weighted by atomic mass is 32.1. The highest BCUT2D eigenvalue weighted by Crippen LogP contribution is 2.14. The van der Waals surface area contributed by atoms with Crippen LogP contribution in [0.2, 0.25) is 0 Å². The fraction of sp³-hybridized carbons (Fsp3) is 0.385. The van der Waals surface area contributed by atoms with Crippen molar-refractivity contribution in [3.05, 3.63) is 82.4 Å². The molecule has 4 rings (SSSR count). The quantitative estimate of drug-likeness (QED) is 0.420. The van der Waals surface area contributed by atoms with Gasteiger partial charge in [-0.05, 0) is 35.6 Å². The summed E-state index contributed by atoms with van der Waals surface area (Å²) in [5.74, 6) is 0.544. The molecule has 180 valence electrons. The molecule has 7 nitrogen and oxygen atoms in total. The van der Waals surface area contributed by atoms with E-state index in [-0.39, 0.29) is 18.4 Å². The van der Waals surface area contributed by atoms with E-state index in [2.05, 4.69) is 17.0 Å². The Morgan fingerprint density at radius 1 is 0.941 bits per heavy atom. The van der Waals surface area contributed by atoms with E-state index in [0.717, 1.165) is 31.8 Å². The molecule has 1 aliphatic heterocycles. The van der Waals surface area contributed by atoms with E-state index in [4.69, 9.17) is 9.15 Å². The van der Waals surface area contributed by atoms with Gasteiger partial charge in [0.25, 0.3) is 5.91 Å². The number of thiophene rings is 1. The average Bonchev–Trinajstić information content (AvgIpc) is 3.60. The van der Waals surface area contributed by atoms with E-state index in [1.807, 2.05) is 47.8 Å². The van der Waals surface area contributed by atoms with Gasteiger partial charge in [0.2, 0.25) is 5.91 Å². The molecular formula is C26H31N3O4S. The van der Waals surface area contributed by atoms with Gasteiger partial charge in [-0.3, -0.25) is 14.5 Å². The normalized spacial score (nSPS) is 14.1. The molecule has 0 saturated carbocycles. The lowest BCUT2D eigenvalue weighted by Gasteiger charge is -2.31. The first-order chi connectivity index (χ1) is 16.7. The van der Waals surface area contributed by atoms with Crippen LogP contribution < -0.4 is 0 Å². The number of benzene rings is 1. The zero-order valence-corrected chi connectivity index (χ0v) is 20.1. The Morgan fingerprint density at radius 2 is 1.76 bits per heavy atom. The predicted molar refractivity (Wildman–Crippen MR) is 132 cm³/mol. The minimum atomic E-state index is -0.0994. The second-order valence-electron chi connectivity index (χ2n) is 8.29. The van der Waals surface area contributed by atoms with Crippen LogP contribution in [-0.2, 0) is 22.5 Å². The number of rotatable bonds is 11. The second kappa shape index (κ2) is 12.5. The topological polar surface area (TPSA) is 66.2 Å². The van der Waals surface area contributed by atoms with Gasteiger partial charge in [0.1, 0.15) is 12.3 Å². The van der Waals surface area contributed by atoms with Gasteiger partial charge in [0.05, 0.1) is 30.9 Å². The lowest BCUT2D eigenvalue weighted by Crippen LogP contribution is -2.47. The van der Waals surface area contributed by atoms with Crippen molar-refractivity contribution in [3.63, 3.8) is 0 Å². The lowest BCUT2D eigenvalue weighted by atomic mass is 10.1. The Bertz CT molecular complexity index is 1000. The summed E-state index contributed by atoms with van der Waals surface area (Å²) >= 11 is 1.40. The van der Waals surface area contributed by atoms with E-state index in [1.165, 1.54) is 16.9 Å². The molecule has 0 unspecified atom stereocenters. The van der Waals surface area contributed by atoms with E-state index < -0.39 is 0 Å². The fourth-order valence-electron chi connectivity index (χ4n) is 3.95. The maximum absolute atomic E-state index is 13.5. The molecule has 0 spiro atoms. The molecule has 34 heavy (non-hydrogen) atoms. The van der Waals surface area contributed by atoms with Gasteiger partial charge in [0.15, 0.2) is 0 Å². The van der Waals surface area contributed by atoms with Crippen molar-refractivity contribution < 1.29 is 18.7 Å². The smallest absolute Gasteiger partial charge is 0.264 e. The van der Waals surface area contributed by atoms with Crippen LogP contribution in [0.15, 0.2) is 70.7 Å². The van der Waals surface area contributed by atoms with Crippen LogP contribution in [-0.4, -0.2) is 79.0 Å². The highest BCUT2D eigenvalue weighted by molar-refractivity contribution is 7.12. The van der Waals surface area contributed by atoms with Crippen molar-refractivity contribution in [2.75, 3.05) is 52.5 Å². The van der Waals surface area contributed by atoms with Gasteiger partial charge < -0.3 is 19.0 Å². The molecule has 3 heterocycles. The van der Waals surface area contributed by atoms with Crippen LogP contribution in [0.3, 0.4) is 0 Å². The molecule has 1 saturated heterocycles. The number of carbonyl (C=O) groups is 2. The maximum Gasteiger partial charge on any atom is 0.264 e. The van der Waals surface area contributed by atoms with Gasteiger partial charge in [0, 0.05) is 32.7 Å². The third kappa shape index (κ3) is 7.03. The van der Waals surface area contributed by atoms with E-state index in [0.29, 0.717) is 37.7 Å². The molecule has 0 atom stereocenters. The largest absolute Gasteiger partial charge is 0.467 e. The summed E-state index contributed by atoms with van der Waals surface area (Å²) in [4.78, 5) is 33.1. The third-order valence-corrected chi connectivity index (χ3v) is 6.79. The highest BCUT2D eigenvalue weighted by Gasteiger charge is 2.24. The van der Waals surface area contributed by atoms with Gasteiger partial charge in [-0.2, -0.15) is 0 Å². The Morgan fingerprint density at radius 3 is 2.47 bits per heavy atom. The third-order valence-electron chi connectivity index (χ3n) is 5.93. The zero-order valence-electron chi connectivity index (χ0n) is 19.3. The minimum absolute atomic E-state index is 0.0383. The summed E-state index contributed by atoms with van der Waals surface area (Å²) in [6.45, 7) is 5.27. The number of hydrogen-bond donors (Lipinski definition) is 0. The Labute approximate surface area is 204 Å². The van der Waals surface area contributed by atoms with Gasteiger partial charge in [-0.1, -0.05) is 36.4 Å². The second-order valence-corrected chi connectivity index (χ2v) is 9.24. The molecule has 1 fully saturated rings. The van der Waals surface area contributed by atoms with Crippen LogP contribution in [0, 0.1) is 0 Å². The number of ether oxygens (including phenoxy) is 1. The number of morpholine rings is 1. The first kappa shape index (κ1) is 24.2. The van der Waals surface area contributed by atoms with Gasteiger partial charge >= 0.3 is 0 Å². The summed E-state index contributed by atoms with van der Waals surface area (Å²) in [5, 5.41) is 1.89. The number of hydrogen-bond acceptors (Lipinski definition) is 6. The van der Waals surface area contributed by atoms with Crippen molar-refractivity contribution in [1.82, 2.24) is 14.7 Å². The molecule has 8 heteroatoms. The summed E-state index contributed by atoms with van der Waals surface area (Å²) in [6.07, 6.45) is 2.35. The van der Waals surface area contributed by atoms with E-state index in [9.17, 15) is 9.59 Å². The molecule has 1 aromatic carbocycles. The summed E-state index contributed by atoms with van der Waals surface area (Å²) in [7, 11) is 0. The molecule has 0 N–H and O–H groups in total. The molecule has 2 amide bonds. The molecular weight excluding hydrogens is 450 g/mol. The van der Waals surface area contributed by atoms with Crippen molar-refractivity contribution >= 4 is 23.2 Å². The van der Waals surface area contributed by atoms with Gasteiger partial charge in [-0.25, -0.2) is 0 Å². The molecule has 3 aromatic rings. The van der Waals surface area contributed by atoms with E-state index in [1.54, 1.807) is 16.1 Å².